The normalized spacial score (nSPS) is 24.0. The maximum absolute atomic E-state index is 13.3. The van der Waals surface area contributed by atoms with Crippen LogP contribution in [0.3, 0.4) is 0 Å². The first kappa shape index (κ1) is 8.98. The third kappa shape index (κ3) is 2.16. The Labute approximate surface area is 68.2 Å². The zero-order valence-corrected chi connectivity index (χ0v) is 7.44. The minimum Gasteiger partial charge on any atom is -0.325 e. The van der Waals surface area contributed by atoms with Gasteiger partial charge in [0.2, 0.25) is 0 Å². The van der Waals surface area contributed by atoms with Gasteiger partial charge in [0.1, 0.15) is 5.67 Å². The highest BCUT2D eigenvalue weighted by Gasteiger charge is 2.33. The summed E-state index contributed by atoms with van der Waals surface area (Å²) >= 11 is 0. The lowest BCUT2D eigenvalue weighted by molar-refractivity contribution is 0.135. The van der Waals surface area contributed by atoms with Crippen LogP contribution in [0, 0.1) is 5.92 Å². The maximum Gasteiger partial charge on any atom is 0.120 e. The molecule has 2 heteroatoms. The van der Waals surface area contributed by atoms with E-state index in [9.17, 15) is 4.39 Å². The summed E-state index contributed by atoms with van der Waals surface area (Å²) < 4.78 is 13.3. The SMILES string of the molecule is CC(C)(F)C(N)C1CCCC1. The Bertz CT molecular complexity index is 122. The van der Waals surface area contributed by atoms with Gasteiger partial charge < -0.3 is 5.73 Å². The number of hydrogen-bond donors (Lipinski definition) is 1. The average Bonchev–Trinajstić information content (AvgIpc) is 2.34. The van der Waals surface area contributed by atoms with Gasteiger partial charge in [-0.15, -0.1) is 0 Å². The summed E-state index contributed by atoms with van der Waals surface area (Å²) in [4.78, 5) is 0. The van der Waals surface area contributed by atoms with Crippen LogP contribution < -0.4 is 5.73 Å². The van der Waals surface area contributed by atoms with Crippen LogP contribution >= 0.6 is 0 Å². The maximum atomic E-state index is 13.3. The Morgan fingerprint density at radius 1 is 1.36 bits per heavy atom. The standard InChI is InChI=1S/C9H18FN/c1-9(2,10)8(11)7-5-3-4-6-7/h7-8H,3-6,11H2,1-2H3. The van der Waals surface area contributed by atoms with Gasteiger partial charge >= 0.3 is 0 Å². The fourth-order valence-electron chi connectivity index (χ4n) is 1.88. The average molecular weight is 159 g/mol. The number of halogens is 1. The quantitative estimate of drug-likeness (QED) is 0.657. The molecule has 0 aromatic rings. The highest BCUT2D eigenvalue weighted by Crippen LogP contribution is 2.32. The van der Waals surface area contributed by atoms with E-state index in [1.165, 1.54) is 12.8 Å². The number of hydrogen-bond acceptors (Lipinski definition) is 1. The first-order valence-electron chi connectivity index (χ1n) is 4.46. The molecule has 1 atom stereocenters. The van der Waals surface area contributed by atoms with Gasteiger partial charge in [-0.1, -0.05) is 12.8 Å². The van der Waals surface area contributed by atoms with E-state index < -0.39 is 5.67 Å². The molecule has 1 saturated carbocycles. The molecule has 0 aromatic heterocycles. The second-order valence-corrected chi connectivity index (χ2v) is 4.13. The van der Waals surface area contributed by atoms with Crippen molar-refractivity contribution in [3.8, 4) is 0 Å². The van der Waals surface area contributed by atoms with Gasteiger partial charge in [0.25, 0.3) is 0 Å². The summed E-state index contributed by atoms with van der Waals surface area (Å²) in [6, 6.07) is -0.259. The molecule has 0 aromatic carbocycles. The van der Waals surface area contributed by atoms with Crippen molar-refractivity contribution < 1.29 is 4.39 Å². The van der Waals surface area contributed by atoms with Gasteiger partial charge in [0.15, 0.2) is 0 Å². The first-order valence-corrected chi connectivity index (χ1v) is 4.46. The second-order valence-electron chi connectivity index (χ2n) is 4.13. The Morgan fingerprint density at radius 3 is 2.18 bits per heavy atom. The van der Waals surface area contributed by atoms with Crippen molar-refractivity contribution in [2.45, 2.75) is 51.2 Å². The molecule has 66 valence electrons. The van der Waals surface area contributed by atoms with E-state index in [1.54, 1.807) is 13.8 Å². The largest absolute Gasteiger partial charge is 0.325 e. The molecule has 0 amide bonds. The lowest BCUT2D eigenvalue weighted by Gasteiger charge is -2.28. The number of alkyl halides is 1. The predicted octanol–water partition coefficient (Wildman–Crippen LogP) is 2.25. The zero-order valence-electron chi connectivity index (χ0n) is 7.44. The minimum absolute atomic E-state index is 0.259. The van der Waals surface area contributed by atoms with Crippen LogP contribution in [0.25, 0.3) is 0 Å². The molecule has 1 fully saturated rings. The number of rotatable bonds is 2. The van der Waals surface area contributed by atoms with Gasteiger partial charge in [0.05, 0.1) is 0 Å². The fourth-order valence-corrected chi connectivity index (χ4v) is 1.88. The van der Waals surface area contributed by atoms with Gasteiger partial charge in [-0.3, -0.25) is 0 Å². The molecule has 1 unspecified atom stereocenters. The van der Waals surface area contributed by atoms with Gasteiger partial charge in [0, 0.05) is 6.04 Å². The van der Waals surface area contributed by atoms with Crippen LogP contribution in [0.4, 0.5) is 4.39 Å². The molecule has 0 bridgehead atoms. The summed E-state index contributed by atoms with van der Waals surface area (Å²) in [5, 5.41) is 0. The molecule has 0 spiro atoms. The van der Waals surface area contributed by atoms with Gasteiger partial charge in [-0.25, -0.2) is 4.39 Å². The molecular formula is C9H18FN. The monoisotopic (exact) mass is 159 g/mol. The van der Waals surface area contributed by atoms with E-state index in [2.05, 4.69) is 0 Å². The van der Waals surface area contributed by atoms with Crippen LogP contribution in [-0.2, 0) is 0 Å². The van der Waals surface area contributed by atoms with Crippen LogP contribution in [0.2, 0.25) is 0 Å². The van der Waals surface area contributed by atoms with Gasteiger partial charge in [-0.05, 0) is 32.6 Å². The molecule has 0 aliphatic heterocycles. The molecule has 0 radical (unpaired) electrons. The molecule has 1 rings (SSSR count). The number of nitrogens with two attached hydrogens (primary N) is 1. The van der Waals surface area contributed by atoms with E-state index in [4.69, 9.17) is 5.73 Å². The van der Waals surface area contributed by atoms with E-state index in [1.807, 2.05) is 0 Å². The summed E-state index contributed by atoms with van der Waals surface area (Å²) in [5.41, 5.74) is 4.58. The molecule has 2 N–H and O–H groups in total. The van der Waals surface area contributed by atoms with Crippen molar-refractivity contribution in [2.75, 3.05) is 0 Å². The third-order valence-electron chi connectivity index (χ3n) is 2.70. The Kier molecular flexibility index (Phi) is 2.53. The summed E-state index contributed by atoms with van der Waals surface area (Å²) in [7, 11) is 0. The molecule has 11 heavy (non-hydrogen) atoms. The van der Waals surface area contributed by atoms with E-state index in [0.29, 0.717) is 5.92 Å². The van der Waals surface area contributed by atoms with E-state index in [-0.39, 0.29) is 6.04 Å². The molecule has 1 aliphatic rings. The minimum atomic E-state index is -1.20. The molecular weight excluding hydrogens is 141 g/mol. The summed E-state index contributed by atoms with van der Waals surface area (Å²) in [6.07, 6.45) is 4.70. The van der Waals surface area contributed by atoms with Crippen LogP contribution in [0.15, 0.2) is 0 Å². The zero-order chi connectivity index (χ0) is 8.48. The Balaban J connectivity index is 2.46. The van der Waals surface area contributed by atoms with Crippen molar-refractivity contribution in [3.05, 3.63) is 0 Å². The van der Waals surface area contributed by atoms with Crippen LogP contribution in [-0.4, -0.2) is 11.7 Å². The van der Waals surface area contributed by atoms with Crippen molar-refractivity contribution in [1.82, 2.24) is 0 Å². The van der Waals surface area contributed by atoms with E-state index >= 15 is 0 Å². The lowest BCUT2D eigenvalue weighted by atomic mass is 9.88. The predicted molar refractivity (Wildman–Crippen MR) is 45.1 cm³/mol. The highest BCUT2D eigenvalue weighted by atomic mass is 19.1. The van der Waals surface area contributed by atoms with Crippen molar-refractivity contribution in [1.29, 1.82) is 0 Å². The fraction of sp³-hybridized carbons (Fsp3) is 1.00. The third-order valence-corrected chi connectivity index (χ3v) is 2.70. The topological polar surface area (TPSA) is 26.0 Å². The summed E-state index contributed by atoms with van der Waals surface area (Å²) in [6.45, 7) is 3.16. The van der Waals surface area contributed by atoms with E-state index in [0.717, 1.165) is 12.8 Å². The van der Waals surface area contributed by atoms with Gasteiger partial charge in [-0.2, -0.15) is 0 Å². The Hall–Kier alpha value is -0.110. The summed E-state index contributed by atoms with van der Waals surface area (Å²) in [5.74, 6) is 0.426. The molecule has 1 aliphatic carbocycles. The van der Waals surface area contributed by atoms with Crippen LogP contribution in [0.5, 0.6) is 0 Å². The molecule has 1 nitrogen and oxygen atoms in total. The van der Waals surface area contributed by atoms with Crippen molar-refractivity contribution in [2.24, 2.45) is 11.7 Å². The second kappa shape index (κ2) is 3.10. The lowest BCUT2D eigenvalue weighted by Crippen LogP contribution is -2.44. The molecule has 0 saturated heterocycles. The van der Waals surface area contributed by atoms with Crippen molar-refractivity contribution >= 4 is 0 Å². The smallest absolute Gasteiger partial charge is 0.120 e. The first-order chi connectivity index (χ1) is 5.02. The Morgan fingerprint density at radius 2 is 1.82 bits per heavy atom. The highest BCUT2D eigenvalue weighted by molar-refractivity contribution is 4.89. The van der Waals surface area contributed by atoms with Crippen LogP contribution in [0.1, 0.15) is 39.5 Å². The van der Waals surface area contributed by atoms with Crippen molar-refractivity contribution in [3.63, 3.8) is 0 Å². The molecule has 0 heterocycles.